The Labute approximate surface area is 131 Å². The Morgan fingerprint density at radius 1 is 1.52 bits per heavy atom. The van der Waals surface area contributed by atoms with E-state index in [4.69, 9.17) is 16.3 Å². The largest absolute Gasteiger partial charge is 0.484 e. The zero-order chi connectivity index (χ0) is 15.2. The lowest BCUT2D eigenvalue weighted by Crippen LogP contribution is -3.14. The second kappa shape index (κ2) is 7.66. The molecule has 5 heteroatoms. The van der Waals surface area contributed by atoms with Gasteiger partial charge in [-0.15, -0.1) is 0 Å². The van der Waals surface area contributed by atoms with Gasteiger partial charge in [-0.05, 0) is 37.6 Å². The lowest BCUT2D eigenvalue weighted by atomic mass is 10.2. The number of carbonyl (C=O) groups is 1. The highest BCUT2D eigenvalue weighted by molar-refractivity contribution is 6.30. The van der Waals surface area contributed by atoms with Crippen LogP contribution in [0.3, 0.4) is 0 Å². The Hall–Kier alpha value is -1.26. The van der Waals surface area contributed by atoms with E-state index in [0.717, 1.165) is 18.7 Å². The van der Waals surface area contributed by atoms with Crippen LogP contribution in [0, 0.1) is 6.92 Å². The quantitative estimate of drug-likeness (QED) is 0.829. The number of hydrogen-bond donors (Lipinski definition) is 2. The number of likely N-dealkylation sites (tertiary alicyclic amines) is 1. The van der Waals surface area contributed by atoms with E-state index in [2.05, 4.69) is 12.2 Å². The van der Waals surface area contributed by atoms with Gasteiger partial charge in [-0.3, -0.25) is 4.79 Å². The van der Waals surface area contributed by atoms with E-state index in [1.54, 1.807) is 17.0 Å². The maximum absolute atomic E-state index is 11.9. The number of hydrogen-bond acceptors (Lipinski definition) is 2. The molecule has 1 saturated heterocycles. The third-order valence-corrected chi connectivity index (χ3v) is 4.36. The molecule has 1 aliphatic rings. The van der Waals surface area contributed by atoms with Crippen LogP contribution in [0.4, 0.5) is 0 Å². The van der Waals surface area contributed by atoms with Crippen LogP contribution in [-0.2, 0) is 4.79 Å². The van der Waals surface area contributed by atoms with Crippen molar-refractivity contribution in [2.24, 2.45) is 0 Å². The molecule has 2 N–H and O–H groups in total. The molecule has 0 spiro atoms. The Balaban J connectivity index is 1.74. The second-order valence-electron chi connectivity index (χ2n) is 5.60. The van der Waals surface area contributed by atoms with Crippen molar-refractivity contribution in [2.75, 3.05) is 26.2 Å². The highest BCUT2D eigenvalue weighted by Gasteiger charge is 2.27. The predicted molar refractivity (Wildman–Crippen MR) is 84.1 cm³/mol. The van der Waals surface area contributed by atoms with Crippen LogP contribution >= 0.6 is 11.6 Å². The van der Waals surface area contributed by atoms with Gasteiger partial charge in [0.2, 0.25) is 0 Å². The number of halogens is 1. The Morgan fingerprint density at radius 2 is 2.33 bits per heavy atom. The lowest BCUT2D eigenvalue weighted by molar-refractivity contribution is -0.909. The normalized spacial score (nSPS) is 21.3. The molecule has 1 aromatic carbocycles. The first-order valence-electron chi connectivity index (χ1n) is 7.60. The summed E-state index contributed by atoms with van der Waals surface area (Å²) in [6.45, 7) is 7.25. The van der Waals surface area contributed by atoms with Crippen molar-refractivity contribution >= 4 is 17.5 Å². The van der Waals surface area contributed by atoms with Gasteiger partial charge in [0.1, 0.15) is 11.8 Å². The first kappa shape index (κ1) is 16.1. The molecule has 4 nitrogen and oxygen atoms in total. The van der Waals surface area contributed by atoms with Crippen LogP contribution in [0.15, 0.2) is 18.2 Å². The minimum Gasteiger partial charge on any atom is -0.484 e. The van der Waals surface area contributed by atoms with E-state index in [1.165, 1.54) is 19.4 Å². The lowest BCUT2D eigenvalue weighted by Gasteiger charge is -2.20. The third-order valence-electron chi connectivity index (χ3n) is 4.12. The van der Waals surface area contributed by atoms with Crippen LogP contribution in [0.25, 0.3) is 0 Å². The topological polar surface area (TPSA) is 42.8 Å². The zero-order valence-corrected chi connectivity index (χ0v) is 13.5. The number of benzene rings is 1. The highest BCUT2D eigenvalue weighted by Crippen LogP contribution is 2.21. The van der Waals surface area contributed by atoms with E-state index < -0.39 is 0 Å². The summed E-state index contributed by atoms with van der Waals surface area (Å²) >= 11 is 5.89. The molecule has 0 radical (unpaired) electrons. The standard InChI is InChI=1S/C16H23ClN2O2/c1-3-19-8-4-5-14(19)10-18-16(20)11-21-15-7-6-13(17)9-12(15)2/h6-7,9,14H,3-5,8,10-11H2,1-2H3,(H,18,20)/p+1/t14-/m0/s1. The van der Waals surface area contributed by atoms with Crippen molar-refractivity contribution in [3.63, 3.8) is 0 Å². The molecule has 1 aliphatic heterocycles. The summed E-state index contributed by atoms with van der Waals surface area (Å²) in [7, 11) is 0. The van der Waals surface area contributed by atoms with Crippen LogP contribution < -0.4 is 15.0 Å². The summed E-state index contributed by atoms with van der Waals surface area (Å²) in [4.78, 5) is 13.5. The number of quaternary nitrogens is 1. The van der Waals surface area contributed by atoms with Crippen LogP contribution in [0.1, 0.15) is 25.3 Å². The number of rotatable bonds is 6. The average molecular weight is 312 g/mol. The van der Waals surface area contributed by atoms with Gasteiger partial charge in [-0.1, -0.05) is 11.6 Å². The number of carbonyl (C=O) groups excluding carboxylic acids is 1. The van der Waals surface area contributed by atoms with Crippen LogP contribution in [0.2, 0.25) is 5.02 Å². The van der Waals surface area contributed by atoms with Crippen molar-refractivity contribution in [3.05, 3.63) is 28.8 Å². The van der Waals surface area contributed by atoms with E-state index in [0.29, 0.717) is 16.8 Å². The van der Waals surface area contributed by atoms with Crippen molar-refractivity contribution in [1.29, 1.82) is 0 Å². The van der Waals surface area contributed by atoms with Gasteiger partial charge in [-0.2, -0.15) is 0 Å². The number of likely N-dealkylation sites (N-methyl/N-ethyl adjacent to an activating group) is 1. The molecule has 0 aromatic heterocycles. The van der Waals surface area contributed by atoms with E-state index in [9.17, 15) is 4.79 Å². The predicted octanol–water partition coefficient (Wildman–Crippen LogP) is 1.21. The molecule has 1 aromatic rings. The molecule has 0 aliphatic carbocycles. The first-order valence-corrected chi connectivity index (χ1v) is 7.98. The molecule has 21 heavy (non-hydrogen) atoms. The van der Waals surface area contributed by atoms with Gasteiger partial charge >= 0.3 is 0 Å². The van der Waals surface area contributed by atoms with Crippen molar-refractivity contribution < 1.29 is 14.4 Å². The number of aryl methyl sites for hydroxylation is 1. The first-order chi connectivity index (χ1) is 10.1. The smallest absolute Gasteiger partial charge is 0.258 e. The maximum Gasteiger partial charge on any atom is 0.258 e. The maximum atomic E-state index is 11.9. The molecule has 1 fully saturated rings. The van der Waals surface area contributed by atoms with Crippen molar-refractivity contribution in [1.82, 2.24) is 5.32 Å². The molecule has 1 heterocycles. The molecular weight excluding hydrogens is 288 g/mol. The number of nitrogens with one attached hydrogen (secondary N) is 2. The molecule has 1 unspecified atom stereocenters. The summed E-state index contributed by atoms with van der Waals surface area (Å²) in [6.07, 6.45) is 2.45. The molecule has 2 atom stereocenters. The Morgan fingerprint density at radius 3 is 3.05 bits per heavy atom. The fourth-order valence-electron chi connectivity index (χ4n) is 2.90. The average Bonchev–Trinajstić information content (AvgIpc) is 2.91. The number of amides is 1. The van der Waals surface area contributed by atoms with Gasteiger partial charge in [-0.25, -0.2) is 0 Å². The summed E-state index contributed by atoms with van der Waals surface area (Å²) in [5.41, 5.74) is 0.938. The SMILES string of the molecule is CC[NH+]1CCC[C@H]1CNC(=O)COc1ccc(Cl)cc1C. The minimum atomic E-state index is -0.0632. The third kappa shape index (κ3) is 4.61. The Kier molecular flexibility index (Phi) is 5.88. The summed E-state index contributed by atoms with van der Waals surface area (Å²) in [5, 5.41) is 3.65. The molecular formula is C16H24ClN2O2+. The summed E-state index contributed by atoms with van der Waals surface area (Å²) in [5.74, 6) is 0.642. The Bertz CT molecular complexity index is 493. The van der Waals surface area contributed by atoms with Crippen LogP contribution in [0.5, 0.6) is 5.75 Å². The molecule has 2 rings (SSSR count). The van der Waals surface area contributed by atoms with E-state index in [-0.39, 0.29) is 12.5 Å². The van der Waals surface area contributed by atoms with Gasteiger partial charge in [0.25, 0.3) is 5.91 Å². The molecule has 0 bridgehead atoms. The van der Waals surface area contributed by atoms with Gasteiger partial charge in [0.05, 0.1) is 19.6 Å². The van der Waals surface area contributed by atoms with E-state index in [1.807, 2.05) is 13.0 Å². The fraction of sp³-hybridized carbons (Fsp3) is 0.562. The fourth-order valence-corrected chi connectivity index (χ4v) is 3.13. The summed E-state index contributed by atoms with van der Waals surface area (Å²) in [6, 6.07) is 5.94. The molecule has 1 amide bonds. The van der Waals surface area contributed by atoms with E-state index >= 15 is 0 Å². The second-order valence-corrected chi connectivity index (χ2v) is 6.04. The van der Waals surface area contributed by atoms with Crippen molar-refractivity contribution in [2.45, 2.75) is 32.7 Å². The van der Waals surface area contributed by atoms with Crippen molar-refractivity contribution in [3.8, 4) is 5.75 Å². The summed E-state index contributed by atoms with van der Waals surface area (Å²) < 4.78 is 5.54. The molecule has 0 saturated carbocycles. The number of ether oxygens (including phenoxy) is 1. The zero-order valence-electron chi connectivity index (χ0n) is 12.7. The van der Waals surface area contributed by atoms with Gasteiger partial charge < -0.3 is 15.0 Å². The van der Waals surface area contributed by atoms with Gasteiger partial charge in [0.15, 0.2) is 6.61 Å². The van der Waals surface area contributed by atoms with Gasteiger partial charge in [0, 0.05) is 17.9 Å². The molecule has 116 valence electrons. The minimum absolute atomic E-state index is 0.0522. The van der Waals surface area contributed by atoms with Crippen LogP contribution in [-0.4, -0.2) is 38.2 Å². The monoisotopic (exact) mass is 311 g/mol. The highest BCUT2D eigenvalue weighted by atomic mass is 35.5.